The number of benzene rings is 1. The lowest BCUT2D eigenvalue weighted by atomic mass is 10.1. The predicted octanol–water partition coefficient (Wildman–Crippen LogP) is 3.90. The van der Waals surface area contributed by atoms with Gasteiger partial charge in [-0.25, -0.2) is 19.3 Å². The average molecular weight is 459 g/mol. The largest absolute Gasteiger partial charge is 0.381 e. The van der Waals surface area contributed by atoms with Gasteiger partial charge in [-0.1, -0.05) is 23.7 Å². The van der Waals surface area contributed by atoms with E-state index in [9.17, 15) is 4.39 Å². The fraction of sp³-hybridized carbons (Fsp3) is 0.522. The van der Waals surface area contributed by atoms with Crippen LogP contribution in [0.1, 0.15) is 24.7 Å². The predicted molar refractivity (Wildman–Crippen MR) is 124 cm³/mol. The Kier molecular flexibility index (Phi) is 6.26. The van der Waals surface area contributed by atoms with E-state index in [4.69, 9.17) is 31.3 Å². The molecule has 3 aromatic rings. The topological polar surface area (TPSA) is 59.3 Å². The number of rotatable bonds is 5. The summed E-state index contributed by atoms with van der Waals surface area (Å²) < 4.78 is 20.6. The molecule has 2 aromatic heterocycles. The summed E-state index contributed by atoms with van der Waals surface area (Å²) in [5.74, 6) is 2.40. The number of aryl methyl sites for hydroxylation is 1. The van der Waals surface area contributed by atoms with E-state index in [0.717, 1.165) is 86.4 Å². The molecule has 4 heterocycles. The number of fused-ring (bicyclic) bond motifs is 1. The maximum Gasteiger partial charge on any atom is 0.166 e. The number of imidazole rings is 1. The maximum atomic E-state index is 12.8. The second kappa shape index (κ2) is 9.29. The van der Waals surface area contributed by atoms with Gasteiger partial charge < -0.3 is 14.2 Å². The molecule has 0 saturated carbocycles. The van der Waals surface area contributed by atoms with Crippen LogP contribution in [-0.2, 0) is 4.74 Å². The minimum absolute atomic E-state index is 0.239. The number of alkyl halides is 1. The van der Waals surface area contributed by atoms with Crippen molar-refractivity contribution in [2.75, 3.05) is 57.5 Å². The molecule has 2 aliphatic heterocycles. The van der Waals surface area contributed by atoms with E-state index in [-0.39, 0.29) is 12.7 Å². The van der Waals surface area contributed by atoms with Crippen molar-refractivity contribution >= 4 is 28.6 Å². The molecule has 0 aliphatic carbocycles. The van der Waals surface area contributed by atoms with Crippen molar-refractivity contribution in [1.82, 2.24) is 24.4 Å². The van der Waals surface area contributed by atoms with E-state index >= 15 is 0 Å². The molecule has 2 aliphatic rings. The van der Waals surface area contributed by atoms with Crippen LogP contribution in [0.25, 0.3) is 22.6 Å². The van der Waals surface area contributed by atoms with Crippen LogP contribution in [-0.4, -0.2) is 77.0 Å². The zero-order chi connectivity index (χ0) is 22.1. The molecule has 170 valence electrons. The van der Waals surface area contributed by atoms with Crippen LogP contribution in [0.3, 0.4) is 0 Å². The molecule has 1 aromatic carbocycles. The van der Waals surface area contributed by atoms with Gasteiger partial charge in [0.15, 0.2) is 17.0 Å². The van der Waals surface area contributed by atoms with Crippen LogP contribution >= 0.6 is 11.6 Å². The lowest BCUT2D eigenvalue weighted by molar-refractivity contribution is 0.0708. The average Bonchev–Trinajstić information content (AvgIpc) is 3.19. The van der Waals surface area contributed by atoms with Crippen LogP contribution in [0.5, 0.6) is 0 Å². The Morgan fingerprint density at radius 3 is 2.53 bits per heavy atom. The van der Waals surface area contributed by atoms with Crippen molar-refractivity contribution in [2.24, 2.45) is 0 Å². The fourth-order valence-corrected chi connectivity index (χ4v) is 4.93. The normalized spacial score (nSPS) is 18.5. The van der Waals surface area contributed by atoms with Gasteiger partial charge >= 0.3 is 0 Å². The van der Waals surface area contributed by atoms with Crippen LogP contribution in [0.15, 0.2) is 24.3 Å². The Morgan fingerprint density at radius 2 is 1.81 bits per heavy atom. The number of hydrogen-bond donors (Lipinski definition) is 0. The van der Waals surface area contributed by atoms with E-state index in [1.54, 1.807) is 0 Å². The van der Waals surface area contributed by atoms with Crippen molar-refractivity contribution < 1.29 is 9.13 Å². The van der Waals surface area contributed by atoms with Gasteiger partial charge in [0, 0.05) is 57.5 Å². The minimum Gasteiger partial charge on any atom is -0.381 e. The zero-order valence-electron chi connectivity index (χ0n) is 18.3. The Morgan fingerprint density at radius 1 is 1.06 bits per heavy atom. The number of ether oxygens (including phenoxy) is 1. The number of hydrogen-bond acceptors (Lipinski definition) is 6. The summed E-state index contributed by atoms with van der Waals surface area (Å²) in [6.45, 7) is 6.75. The summed E-state index contributed by atoms with van der Waals surface area (Å²) in [6, 6.07) is 8.06. The first kappa shape index (κ1) is 21.6. The van der Waals surface area contributed by atoms with Gasteiger partial charge in [-0.2, -0.15) is 0 Å². The first-order chi connectivity index (χ1) is 15.7. The molecule has 5 rings (SSSR count). The SMILES string of the molecule is Cc1nc(N2CCN(CCF)CC2)c2nc(-c3ccccc3Cl)n(C3CCOCC3)c2n1. The third-order valence-electron chi connectivity index (χ3n) is 6.38. The molecule has 0 amide bonds. The highest BCUT2D eigenvalue weighted by atomic mass is 35.5. The van der Waals surface area contributed by atoms with Gasteiger partial charge in [-0.3, -0.25) is 4.90 Å². The monoisotopic (exact) mass is 458 g/mol. The standard InChI is InChI=1S/C23H28ClFN6O/c1-16-26-22(30-12-10-29(9-8-25)11-13-30)20-23(27-16)31(17-6-14-32-15-7-17)21(28-20)18-4-2-3-5-19(18)24/h2-5,17H,6-15H2,1H3. The molecule has 0 unspecified atom stereocenters. The second-order valence-electron chi connectivity index (χ2n) is 8.41. The first-order valence-electron chi connectivity index (χ1n) is 11.3. The summed E-state index contributed by atoms with van der Waals surface area (Å²) in [4.78, 5) is 19.1. The third-order valence-corrected chi connectivity index (χ3v) is 6.71. The van der Waals surface area contributed by atoms with Gasteiger partial charge in [0.1, 0.15) is 18.3 Å². The van der Waals surface area contributed by atoms with Gasteiger partial charge in [0.2, 0.25) is 0 Å². The van der Waals surface area contributed by atoms with Crippen molar-refractivity contribution in [2.45, 2.75) is 25.8 Å². The van der Waals surface area contributed by atoms with Crippen LogP contribution in [0.4, 0.5) is 10.2 Å². The van der Waals surface area contributed by atoms with E-state index in [1.165, 1.54) is 0 Å². The minimum atomic E-state index is -0.312. The van der Waals surface area contributed by atoms with E-state index in [0.29, 0.717) is 11.6 Å². The Bertz CT molecular complexity index is 1090. The van der Waals surface area contributed by atoms with Gasteiger partial charge in [-0.15, -0.1) is 0 Å². The number of nitrogens with zero attached hydrogens (tertiary/aromatic N) is 6. The summed E-state index contributed by atoms with van der Waals surface area (Å²) in [5, 5.41) is 0.669. The summed E-state index contributed by atoms with van der Waals surface area (Å²) in [6.07, 6.45) is 1.81. The van der Waals surface area contributed by atoms with Crippen molar-refractivity contribution in [3.63, 3.8) is 0 Å². The lowest BCUT2D eigenvalue weighted by Gasteiger charge is -2.35. The van der Waals surface area contributed by atoms with Crippen molar-refractivity contribution in [3.05, 3.63) is 35.1 Å². The number of halogens is 2. The van der Waals surface area contributed by atoms with Crippen LogP contribution < -0.4 is 4.90 Å². The Labute approximate surface area is 192 Å². The molecule has 0 N–H and O–H groups in total. The number of aromatic nitrogens is 4. The summed E-state index contributed by atoms with van der Waals surface area (Å²) >= 11 is 6.60. The number of anilines is 1. The molecule has 2 fully saturated rings. The molecule has 9 heteroatoms. The molecule has 2 saturated heterocycles. The highest BCUT2D eigenvalue weighted by Crippen LogP contribution is 2.37. The quantitative estimate of drug-likeness (QED) is 0.578. The zero-order valence-corrected chi connectivity index (χ0v) is 19.1. The second-order valence-corrected chi connectivity index (χ2v) is 8.82. The third kappa shape index (κ3) is 4.07. The number of piperazine rings is 1. The van der Waals surface area contributed by atoms with Crippen molar-refractivity contribution in [3.8, 4) is 11.4 Å². The molecular weight excluding hydrogens is 431 g/mol. The van der Waals surface area contributed by atoms with Gasteiger partial charge in [-0.05, 0) is 31.9 Å². The lowest BCUT2D eigenvalue weighted by Crippen LogP contribution is -2.47. The van der Waals surface area contributed by atoms with E-state index < -0.39 is 0 Å². The summed E-state index contributed by atoms with van der Waals surface area (Å²) in [7, 11) is 0. The van der Waals surface area contributed by atoms with Crippen LogP contribution in [0, 0.1) is 6.92 Å². The highest BCUT2D eigenvalue weighted by Gasteiger charge is 2.28. The van der Waals surface area contributed by atoms with Crippen molar-refractivity contribution in [1.29, 1.82) is 0 Å². The van der Waals surface area contributed by atoms with Crippen LogP contribution in [0.2, 0.25) is 5.02 Å². The Hall–Kier alpha value is -2.29. The molecule has 32 heavy (non-hydrogen) atoms. The smallest absolute Gasteiger partial charge is 0.166 e. The molecular formula is C23H28ClFN6O. The molecule has 0 radical (unpaired) electrons. The van der Waals surface area contributed by atoms with Gasteiger partial charge in [0.05, 0.1) is 5.02 Å². The maximum absolute atomic E-state index is 12.8. The van der Waals surface area contributed by atoms with E-state index in [1.807, 2.05) is 31.2 Å². The molecule has 0 bridgehead atoms. The van der Waals surface area contributed by atoms with E-state index in [2.05, 4.69) is 14.4 Å². The first-order valence-corrected chi connectivity index (χ1v) is 11.7. The molecule has 0 spiro atoms. The molecule has 0 atom stereocenters. The van der Waals surface area contributed by atoms with Gasteiger partial charge in [0.25, 0.3) is 0 Å². The Balaban J connectivity index is 1.63. The molecule has 7 nitrogen and oxygen atoms in total. The highest BCUT2D eigenvalue weighted by molar-refractivity contribution is 6.33. The fourth-order valence-electron chi connectivity index (χ4n) is 4.71. The summed E-state index contributed by atoms with van der Waals surface area (Å²) in [5.41, 5.74) is 2.55.